The van der Waals surface area contributed by atoms with Crippen molar-refractivity contribution in [3.8, 4) is 0 Å². The summed E-state index contributed by atoms with van der Waals surface area (Å²) >= 11 is 6.20. The van der Waals surface area contributed by atoms with Crippen LogP contribution >= 0.6 is 11.6 Å². The summed E-state index contributed by atoms with van der Waals surface area (Å²) in [5.74, 6) is 0. The highest BCUT2D eigenvalue weighted by molar-refractivity contribution is 6.31. The first-order chi connectivity index (χ1) is 9.22. The molecular formula is C16H16ClNO. The number of aliphatic hydroxyl groups is 1. The molecule has 2 aromatic carbocycles. The summed E-state index contributed by atoms with van der Waals surface area (Å²) in [4.78, 5) is 2.27. The van der Waals surface area contributed by atoms with Crippen LogP contribution in [0.1, 0.15) is 18.1 Å². The molecule has 2 aromatic rings. The van der Waals surface area contributed by atoms with Gasteiger partial charge in [-0.1, -0.05) is 35.9 Å². The minimum Gasteiger partial charge on any atom is -0.392 e. The van der Waals surface area contributed by atoms with Crippen LogP contribution in [0.3, 0.4) is 0 Å². The van der Waals surface area contributed by atoms with E-state index in [0.29, 0.717) is 11.1 Å². The van der Waals surface area contributed by atoms with Gasteiger partial charge in [-0.3, -0.25) is 0 Å². The molecule has 98 valence electrons. The predicted octanol–water partition coefficient (Wildman–Crippen LogP) is 3.92. The molecule has 0 saturated heterocycles. The first-order valence-electron chi connectivity index (χ1n) is 6.47. The van der Waals surface area contributed by atoms with E-state index in [1.165, 1.54) is 11.3 Å². The molecule has 0 saturated carbocycles. The fourth-order valence-electron chi connectivity index (χ4n) is 2.86. The third-order valence-corrected chi connectivity index (χ3v) is 4.07. The highest BCUT2D eigenvalue weighted by Gasteiger charge is 2.28. The van der Waals surface area contributed by atoms with Crippen LogP contribution in [0.2, 0.25) is 5.02 Å². The number of para-hydroxylation sites is 1. The van der Waals surface area contributed by atoms with Crippen molar-refractivity contribution in [2.75, 3.05) is 4.90 Å². The number of anilines is 2. The molecule has 0 amide bonds. The molecule has 0 radical (unpaired) electrons. The van der Waals surface area contributed by atoms with Crippen LogP contribution in [0.5, 0.6) is 0 Å². The average Bonchev–Trinajstić information content (AvgIpc) is 2.74. The standard InChI is InChI=1S/C16H16ClNO/c1-11-9-12-5-2-3-7-15(12)18(11)16-8-4-6-14(17)13(16)10-19/h2-8,11,19H,9-10H2,1H3. The van der Waals surface area contributed by atoms with Gasteiger partial charge in [-0.2, -0.15) is 0 Å². The molecule has 3 heteroatoms. The first-order valence-corrected chi connectivity index (χ1v) is 6.85. The Bertz CT molecular complexity index is 611. The van der Waals surface area contributed by atoms with E-state index in [9.17, 15) is 5.11 Å². The molecule has 0 aromatic heterocycles. The average molecular weight is 274 g/mol. The summed E-state index contributed by atoms with van der Waals surface area (Å²) in [6.45, 7) is 2.16. The van der Waals surface area contributed by atoms with Crippen LogP contribution in [0.4, 0.5) is 11.4 Å². The van der Waals surface area contributed by atoms with Crippen molar-refractivity contribution in [1.29, 1.82) is 0 Å². The molecule has 1 heterocycles. The second kappa shape index (κ2) is 4.87. The fraction of sp³-hybridized carbons (Fsp3) is 0.250. The monoisotopic (exact) mass is 273 g/mol. The van der Waals surface area contributed by atoms with Crippen molar-refractivity contribution in [2.24, 2.45) is 0 Å². The molecule has 1 atom stereocenters. The van der Waals surface area contributed by atoms with Gasteiger partial charge in [-0.05, 0) is 37.1 Å². The smallest absolute Gasteiger partial charge is 0.0717 e. The van der Waals surface area contributed by atoms with Gasteiger partial charge < -0.3 is 10.0 Å². The Morgan fingerprint density at radius 2 is 1.89 bits per heavy atom. The lowest BCUT2D eigenvalue weighted by molar-refractivity contribution is 0.282. The zero-order valence-corrected chi connectivity index (χ0v) is 11.6. The SMILES string of the molecule is CC1Cc2ccccc2N1c1cccc(Cl)c1CO. The number of aliphatic hydroxyl groups excluding tert-OH is 1. The first kappa shape index (κ1) is 12.5. The maximum Gasteiger partial charge on any atom is 0.0717 e. The van der Waals surface area contributed by atoms with E-state index >= 15 is 0 Å². The summed E-state index contributed by atoms with van der Waals surface area (Å²) in [6.07, 6.45) is 1.02. The molecule has 1 unspecified atom stereocenters. The van der Waals surface area contributed by atoms with E-state index in [4.69, 9.17) is 11.6 Å². The van der Waals surface area contributed by atoms with Crippen LogP contribution in [0.15, 0.2) is 42.5 Å². The van der Waals surface area contributed by atoms with E-state index in [0.717, 1.165) is 17.7 Å². The van der Waals surface area contributed by atoms with Crippen molar-refractivity contribution in [1.82, 2.24) is 0 Å². The van der Waals surface area contributed by atoms with E-state index in [-0.39, 0.29) is 6.61 Å². The van der Waals surface area contributed by atoms with Crippen LogP contribution in [0.25, 0.3) is 0 Å². The van der Waals surface area contributed by atoms with Gasteiger partial charge in [0.2, 0.25) is 0 Å². The molecule has 3 rings (SSSR count). The number of hydrogen-bond donors (Lipinski definition) is 1. The van der Waals surface area contributed by atoms with E-state index in [2.05, 4.69) is 30.0 Å². The van der Waals surface area contributed by atoms with Crippen molar-refractivity contribution in [3.05, 3.63) is 58.6 Å². The Kier molecular flexibility index (Phi) is 3.21. The molecule has 0 spiro atoms. The normalized spacial score (nSPS) is 17.6. The fourth-order valence-corrected chi connectivity index (χ4v) is 3.09. The Balaban J connectivity index is 2.15. The van der Waals surface area contributed by atoms with Gasteiger partial charge in [0, 0.05) is 28.0 Å². The predicted molar refractivity (Wildman–Crippen MR) is 79.1 cm³/mol. The molecular weight excluding hydrogens is 258 g/mol. The molecule has 1 aliphatic rings. The zero-order valence-electron chi connectivity index (χ0n) is 10.8. The summed E-state index contributed by atoms with van der Waals surface area (Å²) in [5.41, 5.74) is 4.37. The Hall–Kier alpha value is -1.51. The van der Waals surface area contributed by atoms with Crippen LogP contribution in [0, 0.1) is 0 Å². The highest BCUT2D eigenvalue weighted by atomic mass is 35.5. The number of hydrogen-bond acceptors (Lipinski definition) is 2. The molecule has 2 nitrogen and oxygen atoms in total. The van der Waals surface area contributed by atoms with Gasteiger partial charge in [0.05, 0.1) is 6.61 Å². The molecule has 1 N–H and O–H groups in total. The Labute approximate surface area is 118 Å². The molecule has 0 aliphatic carbocycles. The van der Waals surface area contributed by atoms with Crippen molar-refractivity contribution in [3.63, 3.8) is 0 Å². The number of benzene rings is 2. The molecule has 0 bridgehead atoms. The number of rotatable bonds is 2. The zero-order chi connectivity index (χ0) is 13.4. The molecule has 1 aliphatic heterocycles. The molecule has 0 fully saturated rings. The van der Waals surface area contributed by atoms with Crippen LogP contribution < -0.4 is 4.90 Å². The minimum atomic E-state index is -0.0413. The third-order valence-electron chi connectivity index (χ3n) is 3.72. The highest BCUT2D eigenvalue weighted by Crippen LogP contribution is 2.41. The lowest BCUT2D eigenvalue weighted by atomic mass is 10.1. The largest absolute Gasteiger partial charge is 0.392 e. The third kappa shape index (κ3) is 2.01. The maximum absolute atomic E-state index is 9.58. The second-order valence-corrected chi connectivity index (χ2v) is 5.35. The summed E-state index contributed by atoms with van der Waals surface area (Å²) in [7, 11) is 0. The van der Waals surface area contributed by atoms with Crippen molar-refractivity contribution in [2.45, 2.75) is 26.0 Å². The van der Waals surface area contributed by atoms with E-state index < -0.39 is 0 Å². The number of nitrogens with zero attached hydrogens (tertiary/aromatic N) is 1. The lowest BCUT2D eigenvalue weighted by Crippen LogP contribution is -2.25. The van der Waals surface area contributed by atoms with Crippen LogP contribution in [-0.2, 0) is 13.0 Å². The summed E-state index contributed by atoms with van der Waals surface area (Å²) in [5, 5.41) is 10.2. The topological polar surface area (TPSA) is 23.5 Å². The van der Waals surface area contributed by atoms with Gasteiger partial charge in [-0.25, -0.2) is 0 Å². The van der Waals surface area contributed by atoms with Gasteiger partial charge in [0.25, 0.3) is 0 Å². The van der Waals surface area contributed by atoms with Gasteiger partial charge in [-0.15, -0.1) is 0 Å². The van der Waals surface area contributed by atoms with Crippen molar-refractivity contribution < 1.29 is 5.11 Å². The quantitative estimate of drug-likeness (QED) is 0.897. The summed E-state index contributed by atoms with van der Waals surface area (Å²) < 4.78 is 0. The van der Waals surface area contributed by atoms with Crippen molar-refractivity contribution >= 4 is 23.0 Å². The van der Waals surface area contributed by atoms with Gasteiger partial charge in [0.15, 0.2) is 0 Å². The maximum atomic E-state index is 9.58. The number of halogens is 1. The summed E-state index contributed by atoms with van der Waals surface area (Å²) in [6, 6.07) is 14.6. The van der Waals surface area contributed by atoms with Gasteiger partial charge in [0.1, 0.15) is 0 Å². The van der Waals surface area contributed by atoms with E-state index in [1.54, 1.807) is 0 Å². The molecule has 19 heavy (non-hydrogen) atoms. The van der Waals surface area contributed by atoms with E-state index in [1.807, 2.05) is 24.3 Å². The number of fused-ring (bicyclic) bond motifs is 1. The second-order valence-electron chi connectivity index (χ2n) is 4.95. The van der Waals surface area contributed by atoms with Crippen LogP contribution in [-0.4, -0.2) is 11.1 Å². The van der Waals surface area contributed by atoms with Gasteiger partial charge >= 0.3 is 0 Å². The Morgan fingerprint density at radius 3 is 2.68 bits per heavy atom. The minimum absolute atomic E-state index is 0.0413. The lowest BCUT2D eigenvalue weighted by Gasteiger charge is -2.27. The Morgan fingerprint density at radius 1 is 1.16 bits per heavy atom.